The SMILES string of the molecule is N#C/C(=C\c1cc(Br)ccc1OC(=O)c1cccc2ccccc12)C(=O)Nc1c(Cl)cc([N+](=O)[O-])cc1Cl. The Morgan fingerprint density at radius 3 is 2.39 bits per heavy atom. The van der Waals surface area contributed by atoms with Crippen LogP contribution < -0.4 is 10.1 Å². The second kappa shape index (κ2) is 11.4. The summed E-state index contributed by atoms with van der Waals surface area (Å²) in [5.41, 5.74) is -0.207. The van der Waals surface area contributed by atoms with Crippen molar-refractivity contribution in [1.29, 1.82) is 5.26 Å². The molecule has 0 fully saturated rings. The predicted octanol–water partition coefficient (Wildman–Crippen LogP) is 7.58. The van der Waals surface area contributed by atoms with Gasteiger partial charge in [0.1, 0.15) is 17.4 Å². The first-order valence-corrected chi connectivity index (χ1v) is 12.3. The van der Waals surface area contributed by atoms with Crippen LogP contribution in [-0.2, 0) is 4.79 Å². The van der Waals surface area contributed by atoms with Crippen molar-refractivity contribution in [3.8, 4) is 11.8 Å². The summed E-state index contributed by atoms with van der Waals surface area (Å²) in [7, 11) is 0. The molecule has 0 atom stereocenters. The third-order valence-electron chi connectivity index (χ3n) is 5.33. The van der Waals surface area contributed by atoms with E-state index in [1.54, 1.807) is 36.4 Å². The Labute approximate surface area is 234 Å². The Morgan fingerprint density at radius 2 is 1.71 bits per heavy atom. The number of ether oxygens (including phenoxy) is 1. The molecular weight excluding hydrogens is 597 g/mol. The molecule has 4 rings (SSSR count). The number of nitro benzene ring substituents is 1. The average molecular weight is 611 g/mol. The van der Waals surface area contributed by atoms with Gasteiger partial charge in [0, 0.05) is 22.2 Å². The minimum Gasteiger partial charge on any atom is -0.422 e. The Morgan fingerprint density at radius 1 is 1.03 bits per heavy atom. The van der Waals surface area contributed by atoms with Gasteiger partial charge in [0.05, 0.1) is 26.2 Å². The van der Waals surface area contributed by atoms with Crippen molar-refractivity contribution in [1.82, 2.24) is 0 Å². The molecule has 0 aromatic heterocycles. The van der Waals surface area contributed by atoms with E-state index in [2.05, 4.69) is 21.2 Å². The number of benzene rings is 4. The van der Waals surface area contributed by atoms with E-state index in [9.17, 15) is 25.0 Å². The summed E-state index contributed by atoms with van der Waals surface area (Å²) in [6.45, 7) is 0. The smallest absolute Gasteiger partial charge is 0.344 e. The Balaban J connectivity index is 1.65. The highest BCUT2D eigenvalue weighted by Crippen LogP contribution is 2.35. The van der Waals surface area contributed by atoms with Crippen LogP contribution in [0.2, 0.25) is 10.0 Å². The van der Waals surface area contributed by atoms with E-state index >= 15 is 0 Å². The van der Waals surface area contributed by atoms with Crippen molar-refractivity contribution < 1.29 is 19.2 Å². The second-order valence-corrected chi connectivity index (χ2v) is 9.49. The van der Waals surface area contributed by atoms with Crippen molar-refractivity contribution in [2.45, 2.75) is 0 Å². The zero-order chi connectivity index (χ0) is 27.4. The van der Waals surface area contributed by atoms with Crippen LogP contribution >= 0.6 is 39.1 Å². The van der Waals surface area contributed by atoms with Gasteiger partial charge in [-0.05, 0) is 41.1 Å². The van der Waals surface area contributed by atoms with E-state index in [-0.39, 0.29) is 38.3 Å². The minimum atomic E-state index is -0.878. The largest absolute Gasteiger partial charge is 0.422 e. The van der Waals surface area contributed by atoms with E-state index in [0.717, 1.165) is 17.5 Å². The monoisotopic (exact) mass is 609 g/mol. The van der Waals surface area contributed by atoms with Crippen LogP contribution in [-0.4, -0.2) is 16.8 Å². The van der Waals surface area contributed by atoms with Crippen LogP contribution in [0, 0.1) is 21.4 Å². The highest BCUT2D eigenvalue weighted by atomic mass is 79.9. The normalized spacial score (nSPS) is 11.1. The van der Waals surface area contributed by atoms with Crippen molar-refractivity contribution in [3.05, 3.63) is 114 Å². The van der Waals surface area contributed by atoms with Gasteiger partial charge in [-0.3, -0.25) is 14.9 Å². The number of halogens is 3. The number of esters is 1. The molecule has 0 radical (unpaired) electrons. The number of nitrogens with zero attached hydrogens (tertiary/aromatic N) is 2. The molecule has 0 aliphatic carbocycles. The zero-order valence-electron chi connectivity index (χ0n) is 19.1. The Bertz CT molecular complexity index is 1670. The molecule has 0 bridgehead atoms. The summed E-state index contributed by atoms with van der Waals surface area (Å²) in [6.07, 6.45) is 1.24. The van der Waals surface area contributed by atoms with Gasteiger partial charge in [-0.1, -0.05) is 75.5 Å². The number of non-ortho nitro benzene ring substituents is 1. The van der Waals surface area contributed by atoms with Gasteiger partial charge in [-0.15, -0.1) is 0 Å². The number of amides is 1. The predicted molar refractivity (Wildman–Crippen MR) is 148 cm³/mol. The molecule has 0 unspecified atom stereocenters. The summed E-state index contributed by atoms with van der Waals surface area (Å²) in [6, 6.07) is 21.2. The van der Waals surface area contributed by atoms with Gasteiger partial charge in [-0.2, -0.15) is 5.26 Å². The van der Waals surface area contributed by atoms with Gasteiger partial charge in [-0.25, -0.2) is 4.79 Å². The fourth-order valence-electron chi connectivity index (χ4n) is 3.55. The first-order valence-electron chi connectivity index (χ1n) is 10.7. The molecule has 0 heterocycles. The minimum absolute atomic E-state index is 0.0954. The average Bonchev–Trinajstić information content (AvgIpc) is 2.89. The van der Waals surface area contributed by atoms with E-state index in [4.69, 9.17) is 27.9 Å². The van der Waals surface area contributed by atoms with Gasteiger partial charge >= 0.3 is 5.97 Å². The van der Waals surface area contributed by atoms with Crippen LogP contribution in [0.5, 0.6) is 5.75 Å². The van der Waals surface area contributed by atoms with Crippen LogP contribution in [0.25, 0.3) is 16.8 Å². The van der Waals surface area contributed by atoms with Crippen LogP contribution in [0.4, 0.5) is 11.4 Å². The quantitative estimate of drug-likeness (QED) is 0.0599. The Hall–Kier alpha value is -4.23. The molecule has 8 nitrogen and oxygen atoms in total. The summed E-state index contributed by atoms with van der Waals surface area (Å²) < 4.78 is 6.26. The molecule has 4 aromatic carbocycles. The summed E-state index contributed by atoms with van der Waals surface area (Å²) >= 11 is 15.5. The number of hydrogen-bond acceptors (Lipinski definition) is 6. The van der Waals surface area contributed by atoms with E-state index in [1.807, 2.05) is 24.3 Å². The molecule has 1 N–H and O–H groups in total. The van der Waals surface area contributed by atoms with Gasteiger partial charge in [0.2, 0.25) is 0 Å². The van der Waals surface area contributed by atoms with Crippen molar-refractivity contribution >= 4 is 79.2 Å². The highest BCUT2D eigenvalue weighted by molar-refractivity contribution is 9.10. The molecule has 0 aliphatic rings. The number of nitro groups is 1. The fourth-order valence-corrected chi connectivity index (χ4v) is 4.50. The molecule has 1 amide bonds. The Kier molecular flexibility index (Phi) is 8.08. The molecule has 0 saturated heterocycles. The number of carbonyl (C=O) groups excluding carboxylic acids is 2. The zero-order valence-corrected chi connectivity index (χ0v) is 22.2. The van der Waals surface area contributed by atoms with Crippen LogP contribution in [0.15, 0.2) is 82.8 Å². The van der Waals surface area contributed by atoms with E-state index in [1.165, 1.54) is 12.1 Å². The number of nitriles is 1. The lowest BCUT2D eigenvalue weighted by Crippen LogP contribution is -2.14. The first kappa shape index (κ1) is 26.8. The molecule has 4 aromatic rings. The molecule has 188 valence electrons. The maximum atomic E-state index is 13.1. The molecule has 11 heteroatoms. The lowest BCUT2D eigenvalue weighted by Gasteiger charge is -2.11. The van der Waals surface area contributed by atoms with Gasteiger partial charge in [0.15, 0.2) is 0 Å². The maximum Gasteiger partial charge on any atom is 0.344 e. The summed E-state index contributed by atoms with van der Waals surface area (Å²) in [5.74, 6) is -1.39. The van der Waals surface area contributed by atoms with Crippen LogP contribution in [0.3, 0.4) is 0 Å². The second-order valence-electron chi connectivity index (χ2n) is 7.76. The lowest BCUT2D eigenvalue weighted by molar-refractivity contribution is -0.384. The number of fused-ring (bicyclic) bond motifs is 1. The van der Waals surface area contributed by atoms with Crippen molar-refractivity contribution in [2.24, 2.45) is 0 Å². The van der Waals surface area contributed by atoms with Crippen molar-refractivity contribution in [3.63, 3.8) is 0 Å². The lowest BCUT2D eigenvalue weighted by atomic mass is 10.0. The first-order chi connectivity index (χ1) is 18.2. The highest BCUT2D eigenvalue weighted by Gasteiger charge is 2.20. The fraction of sp³-hybridized carbons (Fsp3) is 0. The summed E-state index contributed by atoms with van der Waals surface area (Å²) in [4.78, 5) is 36.3. The standard InChI is InChI=1S/C27H14BrCl2N3O5/c28-18-8-9-24(38-27(35)21-7-3-5-15-4-1-2-6-20(15)21)16(11-18)10-17(14-31)26(34)32-25-22(29)12-19(33(36)37)13-23(25)30/h1-13H,(H,32,34)/b17-10+. The van der Waals surface area contributed by atoms with Crippen LogP contribution in [0.1, 0.15) is 15.9 Å². The third-order valence-corrected chi connectivity index (χ3v) is 6.41. The molecular formula is C27H14BrCl2N3O5. The number of hydrogen-bond donors (Lipinski definition) is 1. The number of anilines is 1. The third kappa shape index (κ3) is 5.84. The number of carbonyl (C=O) groups is 2. The van der Waals surface area contributed by atoms with E-state index in [0.29, 0.717) is 15.4 Å². The number of rotatable bonds is 6. The number of nitrogens with one attached hydrogen (secondary N) is 1. The molecule has 38 heavy (non-hydrogen) atoms. The van der Waals surface area contributed by atoms with Crippen molar-refractivity contribution in [2.75, 3.05) is 5.32 Å². The van der Waals surface area contributed by atoms with Gasteiger partial charge < -0.3 is 10.1 Å². The topological polar surface area (TPSA) is 122 Å². The van der Waals surface area contributed by atoms with Gasteiger partial charge in [0.25, 0.3) is 11.6 Å². The van der Waals surface area contributed by atoms with E-state index < -0.39 is 16.8 Å². The maximum absolute atomic E-state index is 13.1. The molecule has 0 aliphatic heterocycles. The molecule has 0 spiro atoms. The summed E-state index contributed by atoms with van der Waals surface area (Å²) in [5, 5.41) is 24.3. The molecule has 0 saturated carbocycles.